The smallest absolute Gasteiger partial charge is 0.269 e. The highest BCUT2D eigenvalue weighted by Crippen LogP contribution is 2.32. The van der Waals surface area contributed by atoms with Crippen LogP contribution in [-0.2, 0) is 0 Å². The first-order valence-corrected chi connectivity index (χ1v) is 9.67. The van der Waals surface area contributed by atoms with Crippen molar-refractivity contribution in [1.82, 2.24) is 9.88 Å². The summed E-state index contributed by atoms with van der Waals surface area (Å²) in [5.41, 5.74) is 3.53. The van der Waals surface area contributed by atoms with Crippen LogP contribution in [0.2, 0.25) is 0 Å². The number of anilines is 1. The number of aromatic nitrogens is 1. The summed E-state index contributed by atoms with van der Waals surface area (Å²) >= 11 is 1.48. The maximum Gasteiger partial charge on any atom is 0.269 e. The van der Waals surface area contributed by atoms with E-state index in [1.807, 2.05) is 38.9 Å². The Labute approximate surface area is 167 Å². The number of nitrogens with zero attached hydrogens (tertiary/aromatic N) is 4. The standard InChI is InChI=1S/C20H22N4O3S/c1-13-5-10-17-18(14(13)2)21-20(28-17)23(12-11-22(3)4)19(25)15-6-8-16(9-7-15)24(26)27/h5-10H,11-12H2,1-4H3. The van der Waals surface area contributed by atoms with Gasteiger partial charge in [-0.2, -0.15) is 0 Å². The van der Waals surface area contributed by atoms with Crippen molar-refractivity contribution in [3.05, 3.63) is 63.2 Å². The lowest BCUT2D eigenvalue weighted by molar-refractivity contribution is -0.384. The fourth-order valence-corrected chi connectivity index (χ4v) is 3.84. The van der Waals surface area contributed by atoms with Crippen LogP contribution in [0.3, 0.4) is 0 Å². The molecule has 3 aromatic rings. The molecule has 0 spiro atoms. The Morgan fingerprint density at radius 2 is 1.79 bits per heavy atom. The van der Waals surface area contributed by atoms with Gasteiger partial charge in [-0.1, -0.05) is 17.4 Å². The van der Waals surface area contributed by atoms with Crippen molar-refractivity contribution in [2.45, 2.75) is 13.8 Å². The first-order chi connectivity index (χ1) is 13.3. The summed E-state index contributed by atoms with van der Waals surface area (Å²) in [7, 11) is 3.89. The second-order valence-corrected chi connectivity index (χ2v) is 7.92. The molecular weight excluding hydrogens is 376 g/mol. The van der Waals surface area contributed by atoms with E-state index in [0.29, 0.717) is 23.8 Å². The average Bonchev–Trinajstić information content (AvgIpc) is 3.09. The van der Waals surface area contributed by atoms with Gasteiger partial charge >= 0.3 is 0 Å². The van der Waals surface area contributed by atoms with Crippen LogP contribution in [0.15, 0.2) is 36.4 Å². The van der Waals surface area contributed by atoms with Crippen LogP contribution in [0, 0.1) is 24.0 Å². The number of aryl methyl sites for hydroxylation is 2. The molecule has 0 aliphatic rings. The van der Waals surface area contributed by atoms with Crippen LogP contribution in [0.1, 0.15) is 21.5 Å². The zero-order valence-corrected chi connectivity index (χ0v) is 17.1. The summed E-state index contributed by atoms with van der Waals surface area (Å²) in [5, 5.41) is 11.5. The predicted molar refractivity (Wildman–Crippen MR) is 112 cm³/mol. The normalized spacial score (nSPS) is 11.2. The molecule has 1 heterocycles. The highest BCUT2D eigenvalue weighted by Gasteiger charge is 2.22. The summed E-state index contributed by atoms with van der Waals surface area (Å²) in [6.45, 7) is 5.22. The Morgan fingerprint density at radius 3 is 2.39 bits per heavy atom. The summed E-state index contributed by atoms with van der Waals surface area (Å²) in [4.78, 5) is 32.0. The van der Waals surface area contributed by atoms with Gasteiger partial charge in [0.2, 0.25) is 0 Å². The van der Waals surface area contributed by atoms with E-state index < -0.39 is 4.92 Å². The molecule has 3 rings (SSSR count). The van der Waals surface area contributed by atoms with Gasteiger partial charge in [0.05, 0.1) is 15.1 Å². The number of fused-ring (bicyclic) bond motifs is 1. The van der Waals surface area contributed by atoms with Gasteiger partial charge in [-0.05, 0) is 57.3 Å². The van der Waals surface area contributed by atoms with E-state index in [2.05, 4.69) is 6.07 Å². The molecule has 0 unspecified atom stereocenters. The number of nitro groups is 1. The van der Waals surface area contributed by atoms with Crippen molar-refractivity contribution in [3.63, 3.8) is 0 Å². The SMILES string of the molecule is Cc1ccc2sc(N(CCN(C)C)C(=O)c3ccc([N+](=O)[O-])cc3)nc2c1C. The molecule has 2 aromatic carbocycles. The molecule has 0 aliphatic heterocycles. The largest absolute Gasteiger partial charge is 0.308 e. The topological polar surface area (TPSA) is 79.6 Å². The van der Waals surface area contributed by atoms with Gasteiger partial charge in [-0.3, -0.25) is 19.8 Å². The molecule has 7 nitrogen and oxygen atoms in total. The number of amides is 1. The molecule has 0 saturated heterocycles. The third-order valence-electron chi connectivity index (χ3n) is 4.65. The summed E-state index contributed by atoms with van der Waals surface area (Å²) < 4.78 is 1.03. The van der Waals surface area contributed by atoms with E-state index in [9.17, 15) is 14.9 Å². The number of carbonyl (C=O) groups is 1. The van der Waals surface area contributed by atoms with Crippen LogP contribution in [0.4, 0.5) is 10.8 Å². The number of thiazole rings is 1. The molecule has 8 heteroatoms. The third kappa shape index (κ3) is 4.02. The molecule has 1 aromatic heterocycles. The highest BCUT2D eigenvalue weighted by molar-refractivity contribution is 7.22. The Hall–Kier alpha value is -2.84. The number of hydrogen-bond donors (Lipinski definition) is 0. The van der Waals surface area contributed by atoms with Crippen LogP contribution >= 0.6 is 11.3 Å². The number of non-ortho nitro benzene ring substituents is 1. The second kappa shape index (κ2) is 8.04. The summed E-state index contributed by atoms with van der Waals surface area (Å²) in [5.74, 6) is -0.217. The zero-order valence-electron chi connectivity index (χ0n) is 16.3. The maximum atomic E-state index is 13.2. The number of rotatable bonds is 6. The molecule has 0 aliphatic carbocycles. The molecule has 0 saturated carbocycles. The molecule has 0 bridgehead atoms. The number of nitro benzene ring substituents is 1. The van der Waals surface area contributed by atoms with E-state index in [1.165, 1.54) is 35.6 Å². The molecule has 28 heavy (non-hydrogen) atoms. The van der Waals surface area contributed by atoms with Crippen LogP contribution in [-0.4, -0.2) is 47.9 Å². The van der Waals surface area contributed by atoms with Crippen molar-refractivity contribution in [2.24, 2.45) is 0 Å². The van der Waals surface area contributed by atoms with Gasteiger partial charge < -0.3 is 4.90 Å². The molecular formula is C20H22N4O3S. The number of likely N-dealkylation sites (N-methyl/N-ethyl adjacent to an activating group) is 1. The maximum absolute atomic E-state index is 13.2. The van der Waals surface area contributed by atoms with E-state index >= 15 is 0 Å². The van der Waals surface area contributed by atoms with Gasteiger partial charge in [-0.25, -0.2) is 4.98 Å². The molecule has 0 fully saturated rings. The highest BCUT2D eigenvalue weighted by atomic mass is 32.1. The van der Waals surface area contributed by atoms with E-state index in [0.717, 1.165) is 21.3 Å². The van der Waals surface area contributed by atoms with E-state index in [4.69, 9.17) is 4.98 Å². The predicted octanol–water partition coefficient (Wildman–Crippen LogP) is 4.03. The zero-order chi connectivity index (χ0) is 20.4. The minimum atomic E-state index is -0.475. The van der Waals surface area contributed by atoms with Crippen molar-refractivity contribution < 1.29 is 9.72 Å². The van der Waals surface area contributed by atoms with Crippen molar-refractivity contribution >= 4 is 38.3 Å². The summed E-state index contributed by atoms with van der Waals surface area (Å²) in [6, 6.07) is 9.77. The Morgan fingerprint density at radius 1 is 1.11 bits per heavy atom. The molecule has 1 amide bonds. The van der Waals surface area contributed by atoms with Crippen LogP contribution < -0.4 is 4.90 Å². The number of benzene rings is 2. The average molecular weight is 398 g/mol. The first-order valence-electron chi connectivity index (χ1n) is 8.85. The quantitative estimate of drug-likeness (QED) is 0.463. The van der Waals surface area contributed by atoms with Gasteiger partial charge in [0.25, 0.3) is 11.6 Å². The Bertz CT molecular complexity index is 1030. The Kier molecular flexibility index (Phi) is 5.71. The minimum Gasteiger partial charge on any atom is -0.308 e. The van der Waals surface area contributed by atoms with Crippen molar-refractivity contribution in [3.8, 4) is 0 Å². The monoisotopic (exact) mass is 398 g/mol. The first kappa shape index (κ1) is 19.9. The van der Waals surface area contributed by atoms with Crippen LogP contribution in [0.25, 0.3) is 10.2 Å². The minimum absolute atomic E-state index is 0.0394. The molecule has 0 radical (unpaired) electrons. The number of hydrogen-bond acceptors (Lipinski definition) is 6. The third-order valence-corrected chi connectivity index (χ3v) is 5.69. The van der Waals surface area contributed by atoms with Gasteiger partial charge in [0.15, 0.2) is 5.13 Å². The molecule has 0 N–H and O–H groups in total. The van der Waals surface area contributed by atoms with Crippen molar-refractivity contribution in [1.29, 1.82) is 0 Å². The van der Waals surface area contributed by atoms with Gasteiger partial charge in [-0.15, -0.1) is 0 Å². The molecule has 0 atom stereocenters. The molecule has 146 valence electrons. The van der Waals surface area contributed by atoms with E-state index in [1.54, 1.807) is 4.90 Å². The van der Waals surface area contributed by atoms with Gasteiger partial charge in [0, 0.05) is 30.8 Å². The van der Waals surface area contributed by atoms with Crippen molar-refractivity contribution in [2.75, 3.05) is 32.1 Å². The fourth-order valence-electron chi connectivity index (χ4n) is 2.80. The Balaban J connectivity index is 1.99. The lowest BCUT2D eigenvalue weighted by Gasteiger charge is -2.22. The van der Waals surface area contributed by atoms with E-state index in [-0.39, 0.29) is 11.6 Å². The lowest BCUT2D eigenvalue weighted by Crippen LogP contribution is -2.36. The lowest BCUT2D eigenvalue weighted by atomic mass is 10.1. The second-order valence-electron chi connectivity index (χ2n) is 6.91. The fraction of sp³-hybridized carbons (Fsp3) is 0.300. The van der Waals surface area contributed by atoms with Gasteiger partial charge in [0.1, 0.15) is 0 Å². The summed E-state index contributed by atoms with van der Waals surface area (Å²) in [6.07, 6.45) is 0. The van der Waals surface area contributed by atoms with Crippen LogP contribution in [0.5, 0.6) is 0 Å². The number of carbonyl (C=O) groups excluding carboxylic acids is 1.